The molecule has 1 aromatic heterocycles. The Hall–Kier alpha value is -2.54. The number of carbonyl (C=O) groups is 1. The van der Waals surface area contributed by atoms with Crippen LogP contribution in [0, 0.1) is 0 Å². The van der Waals surface area contributed by atoms with Crippen LogP contribution in [0.15, 0.2) is 29.0 Å². The van der Waals surface area contributed by atoms with Gasteiger partial charge < -0.3 is 24.8 Å². The van der Waals surface area contributed by atoms with Gasteiger partial charge in [-0.15, -0.1) is 0 Å². The van der Waals surface area contributed by atoms with E-state index in [1.165, 1.54) is 0 Å². The topological polar surface area (TPSA) is 85.5 Å². The standard InChI is InChI=1S/C17H18N4O3/c1-9-4-5-24-13-8-20-7-11(12-6-18-12)16(22)14(19-10-2-3-10)15(20)17(23)21(9)13/h2,6-7,9,13,18-19H,3-5,8H2,1H3/t9-,13+/m1/s1. The number of anilines is 1. The number of fused-ring (bicyclic) bond motifs is 2. The van der Waals surface area contributed by atoms with Crippen molar-refractivity contribution in [2.24, 2.45) is 0 Å². The number of carbonyl (C=O) groups excluding carboxylic acids is 1. The summed E-state index contributed by atoms with van der Waals surface area (Å²) in [5.41, 5.74) is 3.08. The van der Waals surface area contributed by atoms with Gasteiger partial charge in [-0.3, -0.25) is 9.59 Å². The first-order valence-corrected chi connectivity index (χ1v) is 8.28. The third kappa shape index (κ3) is 2.01. The first-order chi connectivity index (χ1) is 11.6. The third-order valence-corrected chi connectivity index (χ3v) is 4.97. The largest absolute Gasteiger partial charge is 0.358 e. The van der Waals surface area contributed by atoms with E-state index in [1.807, 2.05) is 17.6 Å². The summed E-state index contributed by atoms with van der Waals surface area (Å²) in [7, 11) is 0. The van der Waals surface area contributed by atoms with Crippen molar-refractivity contribution < 1.29 is 9.53 Å². The quantitative estimate of drug-likeness (QED) is 0.867. The van der Waals surface area contributed by atoms with E-state index in [0.29, 0.717) is 30.1 Å². The van der Waals surface area contributed by atoms with Crippen LogP contribution >= 0.6 is 0 Å². The van der Waals surface area contributed by atoms with Gasteiger partial charge in [0.2, 0.25) is 5.43 Å². The molecule has 3 aliphatic heterocycles. The molecule has 24 heavy (non-hydrogen) atoms. The van der Waals surface area contributed by atoms with Crippen LogP contribution in [0.25, 0.3) is 5.70 Å². The number of hydrogen-bond acceptors (Lipinski definition) is 5. The van der Waals surface area contributed by atoms with Crippen LogP contribution in [0.5, 0.6) is 0 Å². The molecule has 1 fully saturated rings. The fourth-order valence-electron chi connectivity index (χ4n) is 3.49. The molecule has 124 valence electrons. The Balaban J connectivity index is 1.69. The molecular weight excluding hydrogens is 308 g/mol. The number of amides is 1. The molecule has 2 N–H and O–H groups in total. The summed E-state index contributed by atoms with van der Waals surface area (Å²) in [5.74, 6) is -0.136. The summed E-state index contributed by atoms with van der Waals surface area (Å²) < 4.78 is 7.67. The Bertz CT molecular complexity index is 883. The Morgan fingerprint density at radius 3 is 2.88 bits per heavy atom. The Morgan fingerprint density at radius 1 is 1.38 bits per heavy atom. The van der Waals surface area contributed by atoms with E-state index < -0.39 is 0 Å². The second kappa shape index (κ2) is 4.73. The maximum Gasteiger partial charge on any atom is 0.275 e. The van der Waals surface area contributed by atoms with Crippen LogP contribution in [-0.2, 0) is 11.3 Å². The van der Waals surface area contributed by atoms with Crippen molar-refractivity contribution in [1.82, 2.24) is 14.8 Å². The van der Waals surface area contributed by atoms with Crippen LogP contribution < -0.4 is 16.1 Å². The lowest BCUT2D eigenvalue weighted by molar-refractivity contribution is -0.111. The number of nitrogens with zero attached hydrogens (tertiary/aromatic N) is 2. The van der Waals surface area contributed by atoms with Crippen molar-refractivity contribution in [2.45, 2.75) is 38.6 Å². The number of rotatable bonds is 3. The lowest BCUT2D eigenvalue weighted by Crippen LogP contribution is -2.57. The van der Waals surface area contributed by atoms with Gasteiger partial charge in [0, 0.05) is 30.6 Å². The van der Waals surface area contributed by atoms with E-state index in [9.17, 15) is 9.59 Å². The number of pyridine rings is 1. The molecule has 0 aromatic carbocycles. The Morgan fingerprint density at radius 2 is 2.17 bits per heavy atom. The number of allylic oxidation sites excluding steroid dienone is 2. The molecule has 4 heterocycles. The third-order valence-electron chi connectivity index (χ3n) is 4.97. The molecule has 0 bridgehead atoms. The van der Waals surface area contributed by atoms with Crippen molar-refractivity contribution in [1.29, 1.82) is 0 Å². The van der Waals surface area contributed by atoms with Crippen LogP contribution in [0.1, 0.15) is 35.8 Å². The highest BCUT2D eigenvalue weighted by molar-refractivity contribution is 6.00. The second-order valence-electron chi connectivity index (χ2n) is 6.68. The minimum absolute atomic E-state index is 0.112. The minimum Gasteiger partial charge on any atom is -0.358 e. The van der Waals surface area contributed by atoms with Gasteiger partial charge in [0.05, 0.1) is 24.4 Å². The smallest absolute Gasteiger partial charge is 0.275 e. The SMILES string of the molecule is C[C@@H]1CCO[C@H]2Cn3cc(C4=CN4)c(=O)c(NC4=CC4)c3C(=O)N12. The lowest BCUT2D eigenvalue weighted by atomic mass is 10.1. The zero-order valence-electron chi connectivity index (χ0n) is 13.3. The normalized spacial score (nSPS) is 26.7. The Kier molecular flexibility index (Phi) is 2.73. The maximum absolute atomic E-state index is 13.1. The average molecular weight is 326 g/mol. The fraction of sp³-hybridized carbons (Fsp3) is 0.412. The zero-order chi connectivity index (χ0) is 16.4. The molecule has 0 unspecified atom stereocenters. The maximum atomic E-state index is 13.1. The van der Waals surface area contributed by atoms with Gasteiger partial charge in [-0.05, 0) is 13.3 Å². The fourth-order valence-corrected chi connectivity index (χ4v) is 3.49. The predicted octanol–water partition coefficient (Wildman–Crippen LogP) is 1.04. The summed E-state index contributed by atoms with van der Waals surface area (Å²) in [4.78, 5) is 27.8. The van der Waals surface area contributed by atoms with Crippen molar-refractivity contribution in [3.8, 4) is 0 Å². The van der Waals surface area contributed by atoms with Crippen LogP contribution in [0.4, 0.5) is 5.69 Å². The molecule has 2 atom stereocenters. The zero-order valence-corrected chi connectivity index (χ0v) is 13.3. The molecule has 1 amide bonds. The monoisotopic (exact) mass is 326 g/mol. The first-order valence-electron chi connectivity index (χ1n) is 8.28. The van der Waals surface area contributed by atoms with Crippen molar-refractivity contribution >= 4 is 17.3 Å². The van der Waals surface area contributed by atoms with Gasteiger partial charge in [-0.25, -0.2) is 0 Å². The van der Waals surface area contributed by atoms with Gasteiger partial charge in [0.15, 0.2) is 6.23 Å². The van der Waals surface area contributed by atoms with Crippen LogP contribution in [-0.4, -0.2) is 34.3 Å². The number of nitrogens with one attached hydrogen (secondary N) is 2. The molecule has 1 aromatic rings. The van der Waals surface area contributed by atoms with Crippen molar-refractivity contribution in [2.75, 3.05) is 11.9 Å². The summed E-state index contributed by atoms with van der Waals surface area (Å²) in [5, 5.41) is 6.14. The van der Waals surface area contributed by atoms with Crippen LogP contribution in [0.3, 0.4) is 0 Å². The number of hydrogen-bond donors (Lipinski definition) is 2. The lowest BCUT2D eigenvalue weighted by Gasteiger charge is -2.44. The Labute approximate surface area is 138 Å². The summed E-state index contributed by atoms with van der Waals surface area (Å²) >= 11 is 0. The highest BCUT2D eigenvalue weighted by Gasteiger charge is 2.41. The van der Waals surface area contributed by atoms with E-state index in [4.69, 9.17) is 4.74 Å². The van der Waals surface area contributed by atoms with Gasteiger partial charge in [0.1, 0.15) is 11.4 Å². The highest BCUT2D eigenvalue weighted by atomic mass is 16.5. The number of aromatic nitrogens is 1. The van der Waals surface area contributed by atoms with Crippen LogP contribution in [0.2, 0.25) is 0 Å². The predicted molar refractivity (Wildman–Crippen MR) is 88.1 cm³/mol. The summed E-state index contributed by atoms with van der Waals surface area (Å²) in [6.45, 7) is 3.23. The minimum atomic E-state index is -0.266. The molecule has 5 rings (SSSR count). The van der Waals surface area contributed by atoms with Gasteiger partial charge in [-0.2, -0.15) is 0 Å². The van der Waals surface area contributed by atoms with Gasteiger partial charge in [-0.1, -0.05) is 6.08 Å². The molecule has 1 saturated heterocycles. The molecule has 0 radical (unpaired) electrons. The molecular formula is C17H18N4O3. The van der Waals surface area contributed by atoms with Crippen molar-refractivity contribution in [3.63, 3.8) is 0 Å². The average Bonchev–Trinajstić information content (AvgIpc) is 3.44. The van der Waals surface area contributed by atoms with Gasteiger partial charge in [0.25, 0.3) is 5.91 Å². The molecule has 7 nitrogen and oxygen atoms in total. The molecule has 7 heteroatoms. The van der Waals surface area contributed by atoms with E-state index in [0.717, 1.165) is 24.2 Å². The van der Waals surface area contributed by atoms with Gasteiger partial charge >= 0.3 is 0 Å². The van der Waals surface area contributed by atoms with E-state index >= 15 is 0 Å². The number of ether oxygens (including phenoxy) is 1. The van der Waals surface area contributed by atoms with E-state index in [2.05, 4.69) is 10.6 Å². The summed E-state index contributed by atoms with van der Waals surface area (Å²) in [6, 6.07) is 0.112. The van der Waals surface area contributed by atoms with Crippen molar-refractivity contribution in [3.05, 3.63) is 45.7 Å². The molecule has 0 spiro atoms. The highest BCUT2D eigenvalue weighted by Crippen LogP contribution is 2.32. The molecule has 0 saturated carbocycles. The second-order valence-corrected chi connectivity index (χ2v) is 6.68. The van der Waals surface area contributed by atoms with E-state index in [1.54, 1.807) is 17.3 Å². The van der Waals surface area contributed by atoms with E-state index in [-0.39, 0.29) is 23.6 Å². The summed E-state index contributed by atoms with van der Waals surface area (Å²) in [6.07, 6.45) is 6.95. The first kappa shape index (κ1) is 13.9. The molecule has 4 aliphatic rings. The molecule has 1 aliphatic carbocycles.